The van der Waals surface area contributed by atoms with Crippen LogP contribution in [-0.2, 0) is 11.3 Å². The quantitative estimate of drug-likeness (QED) is 0.859. The van der Waals surface area contributed by atoms with Crippen LogP contribution in [0.15, 0.2) is 42.6 Å². The van der Waals surface area contributed by atoms with Gasteiger partial charge in [-0.15, -0.1) is 0 Å². The normalized spacial score (nSPS) is 11.8. The fourth-order valence-corrected chi connectivity index (χ4v) is 1.79. The number of halogens is 1. The summed E-state index contributed by atoms with van der Waals surface area (Å²) in [5.74, 6) is 0.266. The molecule has 0 spiro atoms. The van der Waals surface area contributed by atoms with E-state index < -0.39 is 0 Å². The molecule has 1 aromatic heterocycles. The Morgan fingerprint density at radius 1 is 1.41 bits per heavy atom. The first-order chi connectivity index (χ1) is 10.5. The molecular formula is C16H18FN3O2. The molecule has 0 radical (unpaired) electrons. The van der Waals surface area contributed by atoms with Crippen LogP contribution in [-0.4, -0.2) is 16.9 Å². The molecule has 1 unspecified atom stereocenters. The number of nitrogens with zero attached hydrogens (tertiary/aromatic N) is 1. The van der Waals surface area contributed by atoms with Crippen molar-refractivity contribution in [2.45, 2.75) is 25.9 Å². The summed E-state index contributed by atoms with van der Waals surface area (Å²) in [6.07, 6.45) is 1.88. The molecule has 0 bridgehead atoms. The maximum atomic E-state index is 13.1. The second-order valence-corrected chi connectivity index (χ2v) is 5.02. The first-order valence-electron chi connectivity index (χ1n) is 6.93. The Kier molecular flexibility index (Phi) is 5.43. The number of carbonyl (C=O) groups is 1. The van der Waals surface area contributed by atoms with Gasteiger partial charge < -0.3 is 15.8 Å². The molecule has 6 heteroatoms. The topological polar surface area (TPSA) is 77.2 Å². The van der Waals surface area contributed by atoms with Crippen LogP contribution in [0.1, 0.15) is 18.9 Å². The Morgan fingerprint density at radius 3 is 2.86 bits per heavy atom. The lowest BCUT2D eigenvalue weighted by Gasteiger charge is -2.08. The highest BCUT2D eigenvalue weighted by Crippen LogP contribution is 2.19. The van der Waals surface area contributed by atoms with Crippen molar-refractivity contribution in [2.75, 3.05) is 0 Å². The van der Waals surface area contributed by atoms with E-state index in [1.54, 1.807) is 37.4 Å². The lowest BCUT2D eigenvalue weighted by Crippen LogP contribution is -2.29. The second-order valence-electron chi connectivity index (χ2n) is 5.02. The molecule has 0 saturated heterocycles. The highest BCUT2D eigenvalue weighted by atomic mass is 19.1. The highest BCUT2D eigenvalue weighted by molar-refractivity contribution is 5.76. The van der Waals surface area contributed by atoms with Crippen LogP contribution < -0.4 is 15.8 Å². The van der Waals surface area contributed by atoms with Gasteiger partial charge in [-0.1, -0.05) is 12.1 Å². The molecule has 0 aliphatic heterocycles. The summed E-state index contributed by atoms with van der Waals surface area (Å²) in [6, 6.07) is 9.11. The number of hydrogen-bond donors (Lipinski definition) is 2. The SMILES string of the molecule is CC(N)CC(=O)NCc1ccc(Oc2cccc(F)c2)nc1. The van der Waals surface area contributed by atoms with Gasteiger partial charge in [-0.2, -0.15) is 0 Å². The molecule has 1 amide bonds. The van der Waals surface area contributed by atoms with E-state index in [4.69, 9.17) is 10.5 Å². The zero-order valence-corrected chi connectivity index (χ0v) is 12.3. The Labute approximate surface area is 128 Å². The molecule has 0 saturated carbocycles. The Morgan fingerprint density at radius 2 is 2.23 bits per heavy atom. The number of hydrogen-bond acceptors (Lipinski definition) is 4. The van der Waals surface area contributed by atoms with Gasteiger partial charge in [0.2, 0.25) is 11.8 Å². The third-order valence-corrected chi connectivity index (χ3v) is 2.81. The number of rotatable bonds is 6. The highest BCUT2D eigenvalue weighted by Gasteiger charge is 2.05. The number of benzene rings is 1. The number of amides is 1. The van der Waals surface area contributed by atoms with Gasteiger partial charge in [-0.05, 0) is 24.6 Å². The zero-order valence-electron chi connectivity index (χ0n) is 12.3. The molecule has 2 aromatic rings. The maximum absolute atomic E-state index is 13.1. The van der Waals surface area contributed by atoms with E-state index >= 15 is 0 Å². The van der Waals surface area contributed by atoms with Crippen molar-refractivity contribution in [1.29, 1.82) is 0 Å². The van der Waals surface area contributed by atoms with Crippen LogP contribution in [0.4, 0.5) is 4.39 Å². The van der Waals surface area contributed by atoms with Crippen LogP contribution in [0.3, 0.4) is 0 Å². The summed E-state index contributed by atoms with van der Waals surface area (Å²) in [5.41, 5.74) is 6.39. The second kappa shape index (κ2) is 7.51. The number of carbonyl (C=O) groups excluding carboxylic acids is 1. The standard InChI is InChI=1S/C16H18FN3O2/c1-11(18)7-15(21)19-9-12-5-6-16(20-10-12)22-14-4-2-3-13(17)8-14/h2-6,8,10-11H,7,9,18H2,1H3,(H,19,21). The zero-order chi connectivity index (χ0) is 15.9. The van der Waals surface area contributed by atoms with Gasteiger partial charge >= 0.3 is 0 Å². The number of aromatic nitrogens is 1. The van der Waals surface area contributed by atoms with E-state index in [-0.39, 0.29) is 24.2 Å². The Balaban J connectivity index is 1.89. The van der Waals surface area contributed by atoms with Gasteiger partial charge in [0, 0.05) is 37.3 Å². The first kappa shape index (κ1) is 15.9. The van der Waals surface area contributed by atoms with Gasteiger partial charge in [-0.3, -0.25) is 4.79 Å². The fourth-order valence-electron chi connectivity index (χ4n) is 1.79. The summed E-state index contributed by atoms with van der Waals surface area (Å²) >= 11 is 0. The third-order valence-electron chi connectivity index (χ3n) is 2.81. The number of pyridine rings is 1. The van der Waals surface area contributed by atoms with Crippen molar-refractivity contribution in [3.63, 3.8) is 0 Å². The van der Waals surface area contributed by atoms with Crippen molar-refractivity contribution in [3.8, 4) is 11.6 Å². The summed E-state index contributed by atoms with van der Waals surface area (Å²) in [4.78, 5) is 15.6. The average Bonchev–Trinajstić information content (AvgIpc) is 2.46. The fraction of sp³-hybridized carbons (Fsp3) is 0.250. The smallest absolute Gasteiger partial charge is 0.221 e. The maximum Gasteiger partial charge on any atom is 0.221 e. The number of ether oxygens (including phenoxy) is 1. The van der Waals surface area contributed by atoms with Crippen molar-refractivity contribution in [3.05, 3.63) is 54.0 Å². The van der Waals surface area contributed by atoms with Crippen LogP contribution >= 0.6 is 0 Å². The lowest BCUT2D eigenvalue weighted by molar-refractivity contribution is -0.121. The van der Waals surface area contributed by atoms with Gasteiger partial charge in [0.25, 0.3) is 0 Å². The molecule has 1 aromatic carbocycles. The van der Waals surface area contributed by atoms with Gasteiger partial charge in [-0.25, -0.2) is 9.37 Å². The van der Waals surface area contributed by atoms with Gasteiger partial charge in [0.05, 0.1) is 0 Å². The summed E-state index contributed by atoms with van der Waals surface area (Å²) in [7, 11) is 0. The van der Waals surface area contributed by atoms with Gasteiger partial charge in [0.15, 0.2) is 0 Å². The number of nitrogens with one attached hydrogen (secondary N) is 1. The predicted molar refractivity (Wildman–Crippen MR) is 80.8 cm³/mol. The Bertz CT molecular complexity index is 630. The minimum atomic E-state index is -0.369. The predicted octanol–water partition coefficient (Wildman–Crippen LogP) is 2.37. The monoisotopic (exact) mass is 303 g/mol. The van der Waals surface area contributed by atoms with Crippen molar-refractivity contribution in [1.82, 2.24) is 10.3 Å². The van der Waals surface area contributed by atoms with Crippen molar-refractivity contribution in [2.24, 2.45) is 5.73 Å². The molecule has 22 heavy (non-hydrogen) atoms. The molecule has 116 valence electrons. The van der Waals surface area contributed by atoms with Gasteiger partial charge in [0.1, 0.15) is 11.6 Å². The summed E-state index contributed by atoms with van der Waals surface area (Å²) < 4.78 is 18.5. The Hall–Kier alpha value is -2.47. The molecule has 0 fully saturated rings. The van der Waals surface area contributed by atoms with E-state index in [1.165, 1.54) is 12.1 Å². The van der Waals surface area contributed by atoms with Crippen LogP contribution in [0.25, 0.3) is 0 Å². The van der Waals surface area contributed by atoms with Crippen LogP contribution in [0, 0.1) is 5.82 Å². The first-order valence-corrected chi connectivity index (χ1v) is 6.93. The van der Waals surface area contributed by atoms with Crippen LogP contribution in [0.5, 0.6) is 11.6 Å². The minimum Gasteiger partial charge on any atom is -0.439 e. The van der Waals surface area contributed by atoms with E-state index in [0.717, 1.165) is 5.56 Å². The van der Waals surface area contributed by atoms with E-state index in [9.17, 15) is 9.18 Å². The summed E-state index contributed by atoms with van der Waals surface area (Å²) in [5, 5.41) is 2.76. The molecular weight excluding hydrogens is 285 g/mol. The summed E-state index contributed by atoms with van der Waals surface area (Å²) in [6.45, 7) is 2.15. The van der Waals surface area contributed by atoms with Crippen molar-refractivity contribution < 1.29 is 13.9 Å². The molecule has 5 nitrogen and oxygen atoms in total. The third kappa shape index (κ3) is 5.14. The lowest BCUT2D eigenvalue weighted by atomic mass is 10.2. The molecule has 3 N–H and O–H groups in total. The minimum absolute atomic E-state index is 0.102. The van der Waals surface area contributed by atoms with E-state index in [0.29, 0.717) is 18.2 Å². The van der Waals surface area contributed by atoms with Crippen LogP contribution in [0.2, 0.25) is 0 Å². The number of nitrogens with two attached hydrogens (primary N) is 1. The molecule has 0 aliphatic carbocycles. The van der Waals surface area contributed by atoms with E-state index in [1.807, 2.05) is 0 Å². The largest absolute Gasteiger partial charge is 0.439 e. The molecule has 2 rings (SSSR count). The van der Waals surface area contributed by atoms with Crippen molar-refractivity contribution >= 4 is 5.91 Å². The average molecular weight is 303 g/mol. The molecule has 0 aliphatic rings. The van der Waals surface area contributed by atoms with E-state index in [2.05, 4.69) is 10.3 Å². The molecule has 1 atom stereocenters. The molecule has 1 heterocycles.